The van der Waals surface area contributed by atoms with Crippen LogP contribution in [0.5, 0.6) is 0 Å². The highest BCUT2D eigenvalue weighted by Crippen LogP contribution is 2.38. The Morgan fingerprint density at radius 1 is 0.852 bits per heavy atom. The first kappa shape index (κ1) is 20.1. The van der Waals surface area contributed by atoms with Crippen molar-refractivity contribution in [2.24, 2.45) is 5.92 Å². The highest BCUT2D eigenvalue weighted by atomic mass is 16.3. The highest BCUT2D eigenvalue weighted by molar-refractivity contribution is 5.30. The molecule has 1 aliphatic carbocycles. The van der Waals surface area contributed by atoms with Crippen LogP contribution in [0.2, 0.25) is 0 Å². The lowest BCUT2D eigenvalue weighted by atomic mass is 9.77. The molecule has 1 N–H and O–H groups in total. The van der Waals surface area contributed by atoms with E-state index in [2.05, 4.69) is 50.2 Å². The summed E-state index contributed by atoms with van der Waals surface area (Å²) in [6, 6.07) is 19.1. The number of hydrogen-bond donors (Lipinski definition) is 1. The third-order valence-corrected chi connectivity index (χ3v) is 6.61. The maximum Gasteiger partial charge on any atom is 0.0855 e. The molecular weight excluding hydrogens is 328 g/mol. The lowest BCUT2D eigenvalue weighted by molar-refractivity contribution is 0.151. The fraction of sp³-hybridized carbons (Fsp3) is 0.538. The van der Waals surface area contributed by atoms with E-state index >= 15 is 0 Å². The molecule has 1 heteroatoms. The maximum absolute atomic E-state index is 10.8. The summed E-state index contributed by atoms with van der Waals surface area (Å²) in [5, 5.41) is 10.8. The minimum Gasteiger partial charge on any atom is -0.388 e. The number of benzene rings is 2. The van der Waals surface area contributed by atoms with Gasteiger partial charge in [0.15, 0.2) is 0 Å². The van der Waals surface area contributed by atoms with Crippen molar-refractivity contribution in [3.8, 4) is 0 Å². The summed E-state index contributed by atoms with van der Waals surface area (Å²) in [4.78, 5) is 0. The lowest BCUT2D eigenvalue weighted by Crippen LogP contribution is -2.13. The average molecular weight is 365 g/mol. The maximum atomic E-state index is 10.8. The standard InChI is InChI=1S/C26H36O/c1-3-4-6-9-21-12-14-23(15-13-21)24-16-18-25(19-17-24)26(27)20(2)22-10-7-5-8-11-22/h5,7-8,10-11,16-21,23,26-27H,3-4,6,9,12-15H2,1-2H3. The fourth-order valence-corrected chi connectivity index (χ4v) is 4.66. The van der Waals surface area contributed by atoms with Crippen LogP contribution in [0.4, 0.5) is 0 Å². The van der Waals surface area contributed by atoms with E-state index in [4.69, 9.17) is 0 Å². The molecular formula is C26H36O. The summed E-state index contributed by atoms with van der Waals surface area (Å²) in [6.45, 7) is 4.39. The van der Waals surface area contributed by atoms with Crippen LogP contribution in [0.1, 0.15) is 99.8 Å². The molecule has 0 radical (unpaired) electrons. The Kier molecular flexibility index (Phi) is 7.52. The topological polar surface area (TPSA) is 20.2 Å². The van der Waals surface area contributed by atoms with Crippen LogP contribution in [0.3, 0.4) is 0 Å². The van der Waals surface area contributed by atoms with Crippen molar-refractivity contribution in [3.05, 3.63) is 71.3 Å². The first-order chi connectivity index (χ1) is 13.2. The van der Waals surface area contributed by atoms with Crippen molar-refractivity contribution in [2.75, 3.05) is 0 Å². The lowest BCUT2D eigenvalue weighted by Gasteiger charge is -2.29. The normalized spacial score (nSPS) is 22.3. The molecule has 27 heavy (non-hydrogen) atoms. The van der Waals surface area contributed by atoms with E-state index < -0.39 is 6.10 Å². The van der Waals surface area contributed by atoms with Gasteiger partial charge in [0.05, 0.1) is 6.10 Å². The molecule has 0 spiro atoms. The second-order valence-electron chi connectivity index (χ2n) is 8.52. The van der Waals surface area contributed by atoms with Crippen LogP contribution >= 0.6 is 0 Å². The zero-order valence-electron chi connectivity index (χ0n) is 17.1. The smallest absolute Gasteiger partial charge is 0.0855 e. The number of rotatable bonds is 8. The molecule has 2 atom stereocenters. The van der Waals surface area contributed by atoms with Crippen LogP contribution in [-0.4, -0.2) is 5.11 Å². The largest absolute Gasteiger partial charge is 0.388 e. The van der Waals surface area contributed by atoms with Gasteiger partial charge in [0.2, 0.25) is 0 Å². The van der Waals surface area contributed by atoms with Crippen molar-refractivity contribution in [3.63, 3.8) is 0 Å². The summed E-state index contributed by atoms with van der Waals surface area (Å²) < 4.78 is 0. The van der Waals surface area contributed by atoms with Gasteiger partial charge in [-0.15, -0.1) is 0 Å². The van der Waals surface area contributed by atoms with Gasteiger partial charge in [0.1, 0.15) is 0 Å². The Balaban J connectivity index is 1.55. The molecule has 146 valence electrons. The Bertz CT molecular complexity index is 652. The van der Waals surface area contributed by atoms with Crippen molar-refractivity contribution in [1.82, 2.24) is 0 Å². The van der Waals surface area contributed by atoms with Crippen LogP contribution in [-0.2, 0) is 0 Å². The average Bonchev–Trinajstić information content (AvgIpc) is 2.74. The predicted octanol–water partition coefficient (Wildman–Crippen LogP) is 7.38. The molecule has 2 unspecified atom stereocenters. The molecule has 1 aliphatic rings. The van der Waals surface area contributed by atoms with Crippen molar-refractivity contribution >= 4 is 0 Å². The molecule has 0 bridgehead atoms. The summed E-state index contributed by atoms with van der Waals surface area (Å²) >= 11 is 0. The van der Waals surface area contributed by atoms with Crippen molar-refractivity contribution < 1.29 is 5.11 Å². The first-order valence-corrected chi connectivity index (χ1v) is 11.0. The molecule has 2 aromatic carbocycles. The van der Waals surface area contributed by atoms with Crippen LogP contribution < -0.4 is 0 Å². The number of aliphatic hydroxyl groups is 1. The Hall–Kier alpha value is -1.60. The second-order valence-corrected chi connectivity index (χ2v) is 8.52. The molecule has 1 fully saturated rings. The molecule has 0 aromatic heterocycles. The van der Waals surface area contributed by atoms with E-state index in [0.717, 1.165) is 11.5 Å². The van der Waals surface area contributed by atoms with Gasteiger partial charge in [0, 0.05) is 5.92 Å². The number of unbranched alkanes of at least 4 members (excludes halogenated alkanes) is 2. The zero-order chi connectivity index (χ0) is 19.1. The SMILES string of the molecule is CCCCCC1CCC(c2ccc(C(O)C(C)c3ccccc3)cc2)CC1. The van der Waals surface area contributed by atoms with E-state index in [1.807, 2.05) is 18.2 Å². The first-order valence-electron chi connectivity index (χ1n) is 11.0. The van der Waals surface area contributed by atoms with Gasteiger partial charge in [-0.25, -0.2) is 0 Å². The molecule has 0 aliphatic heterocycles. The molecule has 0 heterocycles. The van der Waals surface area contributed by atoms with Crippen LogP contribution in [0.15, 0.2) is 54.6 Å². The van der Waals surface area contributed by atoms with Crippen molar-refractivity contribution in [2.45, 2.75) is 83.2 Å². The van der Waals surface area contributed by atoms with E-state index in [0.29, 0.717) is 5.92 Å². The highest BCUT2D eigenvalue weighted by Gasteiger charge is 2.23. The van der Waals surface area contributed by atoms with Gasteiger partial charge < -0.3 is 5.11 Å². The summed E-state index contributed by atoms with van der Waals surface area (Å²) in [5.41, 5.74) is 3.68. The fourth-order valence-electron chi connectivity index (χ4n) is 4.66. The summed E-state index contributed by atoms with van der Waals surface area (Å²) in [6.07, 6.45) is 10.6. The minimum atomic E-state index is -0.448. The Morgan fingerprint density at radius 3 is 2.15 bits per heavy atom. The molecule has 1 nitrogen and oxygen atoms in total. The van der Waals surface area contributed by atoms with Crippen LogP contribution in [0, 0.1) is 5.92 Å². The van der Waals surface area contributed by atoms with Gasteiger partial charge >= 0.3 is 0 Å². The monoisotopic (exact) mass is 364 g/mol. The van der Waals surface area contributed by atoms with E-state index in [1.165, 1.54) is 62.5 Å². The third kappa shape index (κ3) is 5.45. The van der Waals surface area contributed by atoms with Crippen LogP contribution in [0.25, 0.3) is 0 Å². The Labute approximate surface area is 165 Å². The zero-order valence-corrected chi connectivity index (χ0v) is 17.1. The van der Waals surface area contributed by atoms with Crippen molar-refractivity contribution in [1.29, 1.82) is 0 Å². The summed E-state index contributed by atoms with van der Waals surface area (Å²) in [5.74, 6) is 1.78. The molecule has 0 amide bonds. The van der Waals surface area contributed by atoms with E-state index in [9.17, 15) is 5.11 Å². The predicted molar refractivity (Wildman–Crippen MR) is 115 cm³/mol. The molecule has 3 rings (SSSR count). The minimum absolute atomic E-state index is 0.107. The number of hydrogen-bond acceptors (Lipinski definition) is 1. The molecule has 0 saturated heterocycles. The van der Waals surface area contributed by atoms with Gasteiger partial charge in [-0.05, 0) is 54.2 Å². The number of aliphatic hydroxyl groups excluding tert-OH is 1. The molecule has 1 saturated carbocycles. The molecule has 2 aromatic rings. The third-order valence-electron chi connectivity index (χ3n) is 6.61. The van der Waals surface area contributed by atoms with E-state index in [-0.39, 0.29) is 5.92 Å². The van der Waals surface area contributed by atoms with Gasteiger partial charge in [-0.3, -0.25) is 0 Å². The quantitative estimate of drug-likeness (QED) is 0.484. The van der Waals surface area contributed by atoms with Gasteiger partial charge in [-0.1, -0.05) is 94.1 Å². The second kappa shape index (κ2) is 10.1. The summed E-state index contributed by atoms with van der Waals surface area (Å²) in [7, 11) is 0. The van der Waals surface area contributed by atoms with E-state index in [1.54, 1.807) is 0 Å². The Morgan fingerprint density at radius 2 is 1.52 bits per heavy atom. The van der Waals surface area contributed by atoms with Gasteiger partial charge in [-0.2, -0.15) is 0 Å². The van der Waals surface area contributed by atoms with Gasteiger partial charge in [0.25, 0.3) is 0 Å².